The molecule has 0 spiro atoms. The maximum Gasteiger partial charge on any atom is 0.335 e. The lowest BCUT2D eigenvalue weighted by atomic mass is 9.97. The van der Waals surface area contributed by atoms with Crippen LogP contribution in [0, 0.1) is 18.3 Å². The zero-order chi connectivity index (χ0) is 14.0. The van der Waals surface area contributed by atoms with Gasteiger partial charge in [0.25, 0.3) is 0 Å². The molecule has 0 radical (unpaired) electrons. The molecule has 0 aliphatic rings. The van der Waals surface area contributed by atoms with Crippen molar-refractivity contribution >= 4 is 17.6 Å². The predicted octanol–water partition coefficient (Wildman–Crippen LogP) is 3.89. The summed E-state index contributed by atoms with van der Waals surface area (Å²) in [5.74, 6) is -0.955. The van der Waals surface area contributed by atoms with E-state index in [4.69, 9.17) is 22.0 Å². The Morgan fingerprint density at radius 1 is 1.26 bits per heavy atom. The van der Waals surface area contributed by atoms with Gasteiger partial charge in [0.05, 0.1) is 16.1 Å². The van der Waals surface area contributed by atoms with Crippen LogP contribution in [0.3, 0.4) is 0 Å². The third-order valence-electron chi connectivity index (χ3n) is 2.87. The van der Waals surface area contributed by atoms with Crippen molar-refractivity contribution in [2.45, 2.75) is 6.92 Å². The molecule has 0 unspecified atom stereocenters. The standard InChI is InChI=1S/C15H10ClNO2/c1-9-6-11(15(18)19)2-4-13(9)10-3-5-14(16)12(7-10)8-17/h2-7H,1H3,(H,18,19). The van der Waals surface area contributed by atoms with Gasteiger partial charge in [-0.1, -0.05) is 23.7 Å². The molecule has 0 aliphatic carbocycles. The summed E-state index contributed by atoms with van der Waals surface area (Å²) >= 11 is 5.89. The van der Waals surface area contributed by atoms with Crippen molar-refractivity contribution in [2.24, 2.45) is 0 Å². The quantitative estimate of drug-likeness (QED) is 0.901. The van der Waals surface area contributed by atoms with Crippen LogP contribution in [0.2, 0.25) is 5.02 Å². The zero-order valence-electron chi connectivity index (χ0n) is 10.1. The fourth-order valence-corrected chi connectivity index (χ4v) is 2.06. The molecular weight excluding hydrogens is 262 g/mol. The number of halogens is 1. The van der Waals surface area contributed by atoms with Gasteiger partial charge in [0.15, 0.2) is 0 Å². The Morgan fingerprint density at radius 2 is 2.00 bits per heavy atom. The Hall–Kier alpha value is -2.31. The van der Waals surface area contributed by atoms with Crippen LogP contribution in [0.25, 0.3) is 11.1 Å². The molecule has 0 fully saturated rings. The van der Waals surface area contributed by atoms with Crippen molar-refractivity contribution in [3.8, 4) is 17.2 Å². The predicted molar refractivity (Wildman–Crippen MR) is 73.3 cm³/mol. The molecule has 0 atom stereocenters. The highest BCUT2D eigenvalue weighted by Crippen LogP contribution is 2.28. The Bertz CT molecular complexity index is 702. The highest BCUT2D eigenvalue weighted by molar-refractivity contribution is 6.31. The minimum absolute atomic E-state index is 0.246. The number of nitriles is 1. The first-order valence-electron chi connectivity index (χ1n) is 5.57. The Labute approximate surface area is 115 Å². The average Bonchev–Trinajstić information content (AvgIpc) is 2.39. The molecule has 0 saturated carbocycles. The van der Waals surface area contributed by atoms with Crippen LogP contribution in [-0.2, 0) is 0 Å². The monoisotopic (exact) mass is 271 g/mol. The maximum absolute atomic E-state index is 10.9. The fourth-order valence-electron chi connectivity index (χ4n) is 1.90. The number of hydrogen-bond acceptors (Lipinski definition) is 2. The second-order valence-corrected chi connectivity index (χ2v) is 4.55. The van der Waals surface area contributed by atoms with Gasteiger partial charge >= 0.3 is 5.97 Å². The number of hydrogen-bond donors (Lipinski definition) is 1. The molecule has 0 amide bonds. The third-order valence-corrected chi connectivity index (χ3v) is 3.20. The lowest BCUT2D eigenvalue weighted by Gasteiger charge is -2.08. The highest BCUT2D eigenvalue weighted by atomic mass is 35.5. The molecule has 94 valence electrons. The van der Waals surface area contributed by atoms with E-state index in [-0.39, 0.29) is 5.56 Å². The van der Waals surface area contributed by atoms with Crippen molar-refractivity contribution in [1.82, 2.24) is 0 Å². The van der Waals surface area contributed by atoms with E-state index in [1.54, 1.807) is 30.3 Å². The molecule has 3 nitrogen and oxygen atoms in total. The van der Waals surface area contributed by atoms with Crippen LogP contribution in [0.4, 0.5) is 0 Å². The van der Waals surface area contributed by atoms with Gasteiger partial charge in [-0.05, 0) is 47.9 Å². The Balaban J connectivity index is 2.54. The normalized spacial score (nSPS) is 9.95. The van der Waals surface area contributed by atoms with Crippen molar-refractivity contribution in [1.29, 1.82) is 5.26 Å². The summed E-state index contributed by atoms with van der Waals surface area (Å²) in [4.78, 5) is 10.9. The van der Waals surface area contributed by atoms with Crippen LogP contribution in [0.1, 0.15) is 21.5 Å². The lowest BCUT2D eigenvalue weighted by Crippen LogP contribution is -1.97. The van der Waals surface area contributed by atoms with E-state index in [1.807, 2.05) is 19.1 Å². The molecule has 4 heteroatoms. The summed E-state index contributed by atoms with van der Waals surface area (Å²) < 4.78 is 0. The van der Waals surface area contributed by atoms with Gasteiger partial charge in [-0.3, -0.25) is 0 Å². The molecule has 1 N–H and O–H groups in total. The molecule has 0 aromatic heterocycles. The number of carbonyl (C=O) groups is 1. The van der Waals surface area contributed by atoms with Gasteiger partial charge in [-0.2, -0.15) is 5.26 Å². The average molecular weight is 272 g/mol. The zero-order valence-corrected chi connectivity index (χ0v) is 10.9. The van der Waals surface area contributed by atoms with E-state index >= 15 is 0 Å². The number of carboxylic acid groups (broad SMARTS) is 1. The maximum atomic E-state index is 10.9. The molecule has 19 heavy (non-hydrogen) atoms. The summed E-state index contributed by atoms with van der Waals surface area (Å²) in [6, 6.07) is 12.1. The summed E-state index contributed by atoms with van der Waals surface area (Å²) in [6.07, 6.45) is 0. The van der Waals surface area contributed by atoms with Crippen LogP contribution in [-0.4, -0.2) is 11.1 Å². The molecular formula is C15H10ClNO2. The van der Waals surface area contributed by atoms with E-state index < -0.39 is 5.97 Å². The molecule has 0 saturated heterocycles. The van der Waals surface area contributed by atoms with Crippen LogP contribution < -0.4 is 0 Å². The lowest BCUT2D eigenvalue weighted by molar-refractivity contribution is 0.0697. The number of benzene rings is 2. The van der Waals surface area contributed by atoms with E-state index in [2.05, 4.69) is 0 Å². The van der Waals surface area contributed by atoms with E-state index in [0.29, 0.717) is 10.6 Å². The minimum atomic E-state index is -0.955. The minimum Gasteiger partial charge on any atom is -0.478 e. The first kappa shape index (κ1) is 13.1. The number of rotatable bonds is 2. The van der Waals surface area contributed by atoms with Crippen LogP contribution in [0.5, 0.6) is 0 Å². The largest absolute Gasteiger partial charge is 0.478 e. The van der Waals surface area contributed by atoms with Crippen LogP contribution in [0.15, 0.2) is 36.4 Å². The van der Waals surface area contributed by atoms with Gasteiger partial charge in [0.2, 0.25) is 0 Å². The van der Waals surface area contributed by atoms with Gasteiger partial charge in [0.1, 0.15) is 6.07 Å². The third kappa shape index (κ3) is 2.59. The SMILES string of the molecule is Cc1cc(C(=O)O)ccc1-c1ccc(Cl)c(C#N)c1. The Morgan fingerprint density at radius 3 is 2.58 bits per heavy atom. The molecule has 0 heterocycles. The van der Waals surface area contributed by atoms with Gasteiger partial charge in [0, 0.05) is 0 Å². The summed E-state index contributed by atoms with van der Waals surface area (Å²) in [5, 5.41) is 18.3. The molecule has 2 aromatic rings. The van der Waals surface area contributed by atoms with E-state index in [0.717, 1.165) is 16.7 Å². The van der Waals surface area contributed by atoms with Gasteiger partial charge in [-0.15, -0.1) is 0 Å². The van der Waals surface area contributed by atoms with Crippen molar-refractivity contribution < 1.29 is 9.90 Å². The summed E-state index contributed by atoms with van der Waals surface area (Å²) in [7, 11) is 0. The summed E-state index contributed by atoms with van der Waals surface area (Å²) in [6.45, 7) is 1.84. The number of aryl methyl sites for hydroxylation is 1. The molecule has 2 rings (SSSR count). The van der Waals surface area contributed by atoms with Gasteiger partial charge < -0.3 is 5.11 Å². The topological polar surface area (TPSA) is 61.1 Å². The number of aromatic carboxylic acids is 1. The second kappa shape index (κ2) is 5.13. The first-order valence-corrected chi connectivity index (χ1v) is 5.94. The molecule has 0 bridgehead atoms. The molecule has 2 aromatic carbocycles. The van der Waals surface area contributed by atoms with Crippen LogP contribution >= 0.6 is 11.6 Å². The van der Waals surface area contributed by atoms with E-state index in [9.17, 15) is 4.79 Å². The summed E-state index contributed by atoms with van der Waals surface area (Å²) in [5.41, 5.74) is 3.22. The van der Waals surface area contributed by atoms with Crippen molar-refractivity contribution in [3.63, 3.8) is 0 Å². The second-order valence-electron chi connectivity index (χ2n) is 4.14. The smallest absolute Gasteiger partial charge is 0.335 e. The number of nitrogens with zero attached hydrogens (tertiary/aromatic N) is 1. The highest BCUT2D eigenvalue weighted by Gasteiger charge is 2.09. The van der Waals surface area contributed by atoms with Crippen molar-refractivity contribution in [3.05, 3.63) is 58.1 Å². The van der Waals surface area contributed by atoms with E-state index in [1.165, 1.54) is 0 Å². The first-order chi connectivity index (χ1) is 9.02. The Kier molecular flexibility index (Phi) is 3.55. The fraction of sp³-hybridized carbons (Fsp3) is 0.0667. The molecule has 0 aliphatic heterocycles. The van der Waals surface area contributed by atoms with Crippen molar-refractivity contribution in [2.75, 3.05) is 0 Å². The van der Waals surface area contributed by atoms with Gasteiger partial charge in [-0.25, -0.2) is 4.79 Å². The number of carboxylic acids is 1.